The van der Waals surface area contributed by atoms with Crippen LogP contribution in [0.15, 0.2) is 46.9 Å². The molecule has 140 valence electrons. The van der Waals surface area contributed by atoms with E-state index in [-0.39, 0.29) is 29.3 Å². The Bertz CT molecular complexity index is 1210. The smallest absolute Gasteiger partial charge is 0.325 e. The fraction of sp³-hybridized carbons (Fsp3) is 0.150. The van der Waals surface area contributed by atoms with E-state index in [4.69, 9.17) is 16.0 Å². The Morgan fingerprint density at radius 2 is 2.11 bits per heavy atom. The van der Waals surface area contributed by atoms with Gasteiger partial charge in [0.15, 0.2) is 5.58 Å². The molecule has 1 amide bonds. The van der Waals surface area contributed by atoms with Crippen molar-refractivity contribution in [2.75, 3.05) is 5.32 Å². The number of hydrogen-bond acceptors (Lipinski definition) is 4. The maximum absolute atomic E-state index is 13.5. The van der Waals surface area contributed by atoms with E-state index in [9.17, 15) is 9.18 Å². The van der Waals surface area contributed by atoms with E-state index in [0.717, 1.165) is 5.56 Å². The minimum atomic E-state index is -0.423. The molecular weight excluding hydrogens is 383 g/mol. The van der Waals surface area contributed by atoms with Crippen LogP contribution in [0.2, 0.25) is 5.02 Å². The minimum absolute atomic E-state index is 0.185. The molecular formula is C20H14ClFN4O2. The molecule has 0 bridgehead atoms. The van der Waals surface area contributed by atoms with Crippen LogP contribution in [-0.4, -0.2) is 20.7 Å². The van der Waals surface area contributed by atoms with Gasteiger partial charge in [0.1, 0.15) is 17.2 Å². The highest BCUT2D eigenvalue weighted by molar-refractivity contribution is 6.31. The van der Waals surface area contributed by atoms with Crippen LogP contribution in [0.3, 0.4) is 0 Å². The van der Waals surface area contributed by atoms with Crippen molar-refractivity contribution in [3.8, 4) is 6.01 Å². The summed E-state index contributed by atoms with van der Waals surface area (Å²) in [6.07, 6.45) is 0.193. The Kier molecular flexibility index (Phi) is 3.73. The Balaban J connectivity index is 1.69. The molecule has 1 aliphatic heterocycles. The average molecular weight is 397 g/mol. The minimum Gasteiger partial charge on any atom is -0.422 e. The van der Waals surface area contributed by atoms with Crippen LogP contribution in [0.1, 0.15) is 29.2 Å². The van der Waals surface area contributed by atoms with Crippen molar-refractivity contribution in [3.05, 3.63) is 70.1 Å². The fourth-order valence-electron chi connectivity index (χ4n) is 3.69. The molecule has 0 radical (unpaired) electrons. The molecule has 4 aromatic rings. The van der Waals surface area contributed by atoms with Crippen molar-refractivity contribution in [3.63, 3.8) is 0 Å². The molecule has 0 spiro atoms. The number of nitrogens with one attached hydrogen (secondary N) is 1. The summed E-state index contributed by atoms with van der Waals surface area (Å²) in [6.45, 7) is 1.85. The number of aromatic nitrogens is 3. The first-order valence-electron chi connectivity index (χ1n) is 8.71. The lowest BCUT2D eigenvalue weighted by Gasteiger charge is -2.24. The quantitative estimate of drug-likeness (QED) is 0.538. The van der Waals surface area contributed by atoms with Gasteiger partial charge in [-0.2, -0.15) is 14.8 Å². The molecule has 0 saturated heterocycles. The SMILES string of the molecule is Cc1nn(-c2nc3ccccc3o2)c2c1[C@H](c1ccc(F)cc1Cl)CC(=O)N2. The molecule has 8 heteroatoms. The summed E-state index contributed by atoms with van der Waals surface area (Å²) in [6, 6.07) is 11.8. The number of para-hydroxylation sites is 2. The van der Waals surface area contributed by atoms with Crippen molar-refractivity contribution < 1.29 is 13.6 Å². The summed E-state index contributed by atoms with van der Waals surface area (Å²) in [5, 5.41) is 7.69. The second kappa shape index (κ2) is 6.17. The van der Waals surface area contributed by atoms with Gasteiger partial charge in [0, 0.05) is 22.9 Å². The fourth-order valence-corrected chi connectivity index (χ4v) is 3.98. The maximum Gasteiger partial charge on any atom is 0.325 e. The van der Waals surface area contributed by atoms with Crippen LogP contribution >= 0.6 is 11.6 Å². The number of nitrogens with zero attached hydrogens (tertiary/aromatic N) is 3. The Labute approximate surface area is 163 Å². The van der Waals surface area contributed by atoms with E-state index in [1.807, 2.05) is 31.2 Å². The molecule has 5 rings (SSSR count). The van der Waals surface area contributed by atoms with Crippen LogP contribution in [-0.2, 0) is 4.79 Å². The highest BCUT2D eigenvalue weighted by Gasteiger charge is 2.34. The van der Waals surface area contributed by atoms with Crippen molar-refractivity contribution in [1.82, 2.24) is 14.8 Å². The normalized spacial score (nSPS) is 16.2. The van der Waals surface area contributed by atoms with Gasteiger partial charge < -0.3 is 9.73 Å². The number of oxazole rings is 1. The molecule has 2 aromatic carbocycles. The molecule has 0 aliphatic carbocycles. The van der Waals surface area contributed by atoms with Gasteiger partial charge in [-0.1, -0.05) is 29.8 Å². The number of hydrogen-bond donors (Lipinski definition) is 1. The molecule has 0 unspecified atom stereocenters. The largest absolute Gasteiger partial charge is 0.422 e. The van der Waals surface area contributed by atoms with E-state index in [1.165, 1.54) is 16.8 Å². The molecule has 1 atom stereocenters. The second-order valence-corrected chi connectivity index (χ2v) is 7.10. The predicted molar refractivity (Wildman–Crippen MR) is 102 cm³/mol. The molecule has 0 fully saturated rings. The summed E-state index contributed by atoms with van der Waals surface area (Å²) < 4.78 is 20.8. The van der Waals surface area contributed by atoms with Crippen molar-refractivity contribution in [2.45, 2.75) is 19.3 Å². The number of benzene rings is 2. The molecule has 28 heavy (non-hydrogen) atoms. The van der Waals surface area contributed by atoms with Crippen LogP contribution < -0.4 is 5.32 Å². The van der Waals surface area contributed by atoms with E-state index >= 15 is 0 Å². The van der Waals surface area contributed by atoms with Gasteiger partial charge in [-0.15, -0.1) is 0 Å². The first-order chi connectivity index (χ1) is 13.5. The summed E-state index contributed by atoms with van der Waals surface area (Å²) in [7, 11) is 0. The van der Waals surface area contributed by atoms with Gasteiger partial charge in [0.25, 0.3) is 0 Å². The number of halogens is 2. The van der Waals surface area contributed by atoms with Gasteiger partial charge in [0.2, 0.25) is 5.91 Å². The van der Waals surface area contributed by atoms with Gasteiger partial charge >= 0.3 is 6.01 Å². The molecule has 2 aromatic heterocycles. The van der Waals surface area contributed by atoms with Crippen LogP contribution in [0.25, 0.3) is 17.1 Å². The lowest BCUT2D eigenvalue weighted by atomic mass is 9.86. The number of aryl methyl sites for hydroxylation is 1. The summed E-state index contributed by atoms with van der Waals surface area (Å²) in [5.74, 6) is -0.455. The maximum atomic E-state index is 13.5. The van der Waals surface area contributed by atoms with Crippen molar-refractivity contribution in [2.24, 2.45) is 0 Å². The Morgan fingerprint density at radius 1 is 1.29 bits per heavy atom. The third kappa shape index (κ3) is 2.58. The highest BCUT2D eigenvalue weighted by atomic mass is 35.5. The molecule has 6 nitrogen and oxygen atoms in total. The lowest BCUT2D eigenvalue weighted by Crippen LogP contribution is -2.25. The Morgan fingerprint density at radius 3 is 2.89 bits per heavy atom. The lowest BCUT2D eigenvalue weighted by molar-refractivity contribution is -0.116. The first kappa shape index (κ1) is 16.9. The third-order valence-corrected chi connectivity index (χ3v) is 5.23. The Hall–Kier alpha value is -3.19. The second-order valence-electron chi connectivity index (χ2n) is 6.69. The van der Waals surface area contributed by atoms with Gasteiger partial charge in [-0.3, -0.25) is 4.79 Å². The number of carbonyl (C=O) groups excluding carboxylic acids is 1. The monoisotopic (exact) mass is 396 g/mol. The average Bonchev–Trinajstić information content (AvgIpc) is 3.22. The van der Waals surface area contributed by atoms with Gasteiger partial charge in [0.05, 0.1) is 5.69 Å². The molecule has 1 N–H and O–H groups in total. The van der Waals surface area contributed by atoms with Crippen molar-refractivity contribution >= 4 is 34.4 Å². The number of anilines is 1. The standard InChI is InChI=1S/C20H14ClFN4O2/c1-10-18-13(12-7-6-11(22)8-14(12)21)9-17(27)24-19(18)26(25-10)20-23-15-4-2-3-5-16(15)28-20/h2-8,13H,9H2,1H3,(H,24,27)/t13-/m0/s1. The first-order valence-corrected chi connectivity index (χ1v) is 9.09. The van der Waals surface area contributed by atoms with Crippen LogP contribution in [0.5, 0.6) is 0 Å². The molecule has 1 aliphatic rings. The topological polar surface area (TPSA) is 73.0 Å². The number of carbonyl (C=O) groups is 1. The predicted octanol–water partition coefficient (Wildman–Crippen LogP) is 4.59. The van der Waals surface area contributed by atoms with Gasteiger partial charge in [-0.25, -0.2) is 4.39 Å². The summed E-state index contributed by atoms with van der Waals surface area (Å²) >= 11 is 6.28. The zero-order chi connectivity index (χ0) is 19.4. The van der Waals surface area contributed by atoms with Crippen LogP contribution in [0.4, 0.5) is 10.2 Å². The van der Waals surface area contributed by atoms with E-state index < -0.39 is 5.82 Å². The van der Waals surface area contributed by atoms with Crippen LogP contribution in [0, 0.1) is 12.7 Å². The number of amides is 1. The number of rotatable bonds is 2. The van der Waals surface area contributed by atoms with Gasteiger partial charge in [-0.05, 0) is 36.8 Å². The summed E-state index contributed by atoms with van der Waals surface area (Å²) in [4.78, 5) is 16.9. The highest BCUT2D eigenvalue weighted by Crippen LogP contribution is 2.42. The zero-order valence-electron chi connectivity index (χ0n) is 14.7. The number of fused-ring (bicyclic) bond motifs is 2. The zero-order valence-corrected chi connectivity index (χ0v) is 15.5. The van der Waals surface area contributed by atoms with Crippen molar-refractivity contribution in [1.29, 1.82) is 0 Å². The van der Waals surface area contributed by atoms with E-state index in [0.29, 0.717) is 28.2 Å². The van der Waals surface area contributed by atoms with E-state index in [2.05, 4.69) is 15.4 Å². The molecule has 0 saturated carbocycles. The van der Waals surface area contributed by atoms with E-state index in [1.54, 1.807) is 6.07 Å². The summed E-state index contributed by atoms with van der Waals surface area (Å²) in [5.41, 5.74) is 3.52. The molecule has 3 heterocycles. The third-order valence-electron chi connectivity index (χ3n) is 4.90.